The Kier molecular flexibility index (Phi) is 7.05. The maximum atomic E-state index is 12.3. The van der Waals surface area contributed by atoms with Crippen molar-refractivity contribution in [2.24, 2.45) is 0 Å². The first-order valence-corrected chi connectivity index (χ1v) is 8.42. The van der Waals surface area contributed by atoms with E-state index in [0.717, 1.165) is 0 Å². The highest BCUT2D eigenvalue weighted by molar-refractivity contribution is 5.95. The zero-order valence-corrected chi connectivity index (χ0v) is 15.9. The first kappa shape index (κ1) is 20.1. The first-order valence-electron chi connectivity index (χ1n) is 8.42. The van der Waals surface area contributed by atoms with Gasteiger partial charge in [0.05, 0.1) is 27.0 Å². The van der Waals surface area contributed by atoms with Crippen LogP contribution in [0.15, 0.2) is 42.5 Å². The third-order valence-electron chi connectivity index (χ3n) is 4.01. The quantitative estimate of drug-likeness (QED) is 0.770. The van der Waals surface area contributed by atoms with Crippen LogP contribution in [-0.4, -0.2) is 46.2 Å². The summed E-state index contributed by atoms with van der Waals surface area (Å²) < 4.78 is 15.7. The maximum Gasteiger partial charge on any atom is 0.251 e. The van der Waals surface area contributed by atoms with E-state index in [4.69, 9.17) is 14.2 Å². The second-order valence-corrected chi connectivity index (χ2v) is 5.70. The van der Waals surface area contributed by atoms with Crippen molar-refractivity contribution in [1.29, 1.82) is 0 Å². The standard InChI is InChI=1S/C20H24N2O5/c1-14(23)22(18-9-8-17(26-3)13-19(18)27-4)11-10-21-20(24)15-6-5-7-16(12-15)25-2/h5-9,12-13H,10-11H2,1-4H3,(H,21,24). The van der Waals surface area contributed by atoms with Crippen molar-refractivity contribution in [3.8, 4) is 17.2 Å². The molecule has 0 bridgehead atoms. The zero-order valence-electron chi connectivity index (χ0n) is 15.9. The molecule has 144 valence electrons. The number of amides is 2. The molecule has 2 aromatic rings. The third-order valence-corrected chi connectivity index (χ3v) is 4.01. The van der Waals surface area contributed by atoms with Gasteiger partial charge in [0.15, 0.2) is 0 Å². The summed E-state index contributed by atoms with van der Waals surface area (Å²) in [6.07, 6.45) is 0. The van der Waals surface area contributed by atoms with Crippen LogP contribution in [0.25, 0.3) is 0 Å². The number of anilines is 1. The SMILES string of the molecule is COc1cccc(C(=O)NCCN(C(C)=O)c2ccc(OC)cc2OC)c1. The summed E-state index contributed by atoms with van der Waals surface area (Å²) in [5.74, 6) is 1.36. The summed E-state index contributed by atoms with van der Waals surface area (Å²) in [4.78, 5) is 25.9. The second kappa shape index (κ2) is 9.47. The molecule has 0 aliphatic rings. The van der Waals surface area contributed by atoms with E-state index in [2.05, 4.69) is 5.32 Å². The van der Waals surface area contributed by atoms with E-state index in [1.807, 2.05) is 0 Å². The van der Waals surface area contributed by atoms with Crippen molar-refractivity contribution in [2.45, 2.75) is 6.92 Å². The predicted octanol–water partition coefficient (Wildman–Crippen LogP) is 2.50. The molecule has 0 aliphatic carbocycles. The normalized spacial score (nSPS) is 10.1. The highest BCUT2D eigenvalue weighted by Gasteiger charge is 2.17. The van der Waals surface area contributed by atoms with E-state index in [9.17, 15) is 9.59 Å². The average molecular weight is 372 g/mol. The van der Waals surface area contributed by atoms with Crippen molar-refractivity contribution in [2.75, 3.05) is 39.3 Å². The molecule has 0 fully saturated rings. The molecule has 27 heavy (non-hydrogen) atoms. The van der Waals surface area contributed by atoms with Gasteiger partial charge in [-0.1, -0.05) is 6.07 Å². The number of carbonyl (C=O) groups excluding carboxylic acids is 2. The van der Waals surface area contributed by atoms with Gasteiger partial charge in [-0.3, -0.25) is 9.59 Å². The smallest absolute Gasteiger partial charge is 0.251 e. The fourth-order valence-corrected chi connectivity index (χ4v) is 2.60. The summed E-state index contributed by atoms with van der Waals surface area (Å²) >= 11 is 0. The van der Waals surface area contributed by atoms with Gasteiger partial charge in [0, 0.05) is 31.6 Å². The van der Waals surface area contributed by atoms with Crippen molar-refractivity contribution in [1.82, 2.24) is 5.32 Å². The van der Waals surface area contributed by atoms with Crippen LogP contribution in [0.1, 0.15) is 17.3 Å². The molecular formula is C20H24N2O5. The molecule has 0 atom stereocenters. The van der Waals surface area contributed by atoms with Crippen LogP contribution in [-0.2, 0) is 4.79 Å². The van der Waals surface area contributed by atoms with Crippen LogP contribution in [0, 0.1) is 0 Å². The molecule has 0 saturated heterocycles. The zero-order chi connectivity index (χ0) is 19.8. The molecule has 0 unspecified atom stereocenters. The fraction of sp³-hybridized carbons (Fsp3) is 0.300. The number of rotatable bonds is 8. The number of ether oxygens (including phenoxy) is 3. The molecule has 0 aliphatic heterocycles. The topological polar surface area (TPSA) is 77.1 Å². The summed E-state index contributed by atoms with van der Waals surface area (Å²) in [6.45, 7) is 2.05. The van der Waals surface area contributed by atoms with Gasteiger partial charge in [0.2, 0.25) is 5.91 Å². The van der Waals surface area contributed by atoms with Gasteiger partial charge in [0.1, 0.15) is 17.2 Å². The molecule has 0 spiro atoms. The molecule has 7 heteroatoms. The molecule has 0 radical (unpaired) electrons. The molecule has 2 amide bonds. The Morgan fingerprint density at radius 2 is 1.67 bits per heavy atom. The number of hydrogen-bond donors (Lipinski definition) is 1. The predicted molar refractivity (Wildman–Crippen MR) is 103 cm³/mol. The lowest BCUT2D eigenvalue weighted by Crippen LogP contribution is -2.37. The van der Waals surface area contributed by atoms with Gasteiger partial charge in [0.25, 0.3) is 5.91 Å². The largest absolute Gasteiger partial charge is 0.497 e. The van der Waals surface area contributed by atoms with Gasteiger partial charge in [-0.25, -0.2) is 0 Å². The third kappa shape index (κ3) is 5.13. The second-order valence-electron chi connectivity index (χ2n) is 5.70. The van der Waals surface area contributed by atoms with Crippen LogP contribution in [0.5, 0.6) is 17.2 Å². The van der Waals surface area contributed by atoms with E-state index in [-0.39, 0.29) is 18.4 Å². The fourth-order valence-electron chi connectivity index (χ4n) is 2.60. The first-order chi connectivity index (χ1) is 13.0. The molecular weight excluding hydrogens is 348 g/mol. The molecule has 2 aromatic carbocycles. The molecule has 0 saturated carbocycles. The number of hydrogen-bond acceptors (Lipinski definition) is 5. The Hall–Kier alpha value is -3.22. The lowest BCUT2D eigenvalue weighted by atomic mass is 10.2. The van der Waals surface area contributed by atoms with E-state index in [1.54, 1.807) is 61.6 Å². The van der Waals surface area contributed by atoms with Crippen molar-refractivity contribution in [3.05, 3.63) is 48.0 Å². The highest BCUT2D eigenvalue weighted by atomic mass is 16.5. The van der Waals surface area contributed by atoms with Gasteiger partial charge < -0.3 is 24.4 Å². The summed E-state index contributed by atoms with van der Waals surface area (Å²) in [6, 6.07) is 12.1. The van der Waals surface area contributed by atoms with Crippen LogP contribution in [0.4, 0.5) is 5.69 Å². The Balaban J connectivity index is 2.07. The van der Waals surface area contributed by atoms with E-state index in [0.29, 0.717) is 35.0 Å². The lowest BCUT2D eigenvalue weighted by molar-refractivity contribution is -0.116. The van der Waals surface area contributed by atoms with Crippen molar-refractivity contribution in [3.63, 3.8) is 0 Å². The maximum absolute atomic E-state index is 12.3. The van der Waals surface area contributed by atoms with Crippen molar-refractivity contribution >= 4 is 17.5 Å². The van der Waals surface area contributed by atoms with Crippen LogP contribution < -0.4 is 24.4 Å². The van der Waals surface area contributed by atoms with Crippen LogP contribution >= 0.6 is 0 Å². The molecule has 0 aromatic heterocycles. The number of carbonyl (C=O) groups is 2. The number of methoxy groups -OCH3 is 3. The Morgan fingerprint density at radius 1 is 0.963 bits per heavy atom. The van der Waals surface area contributed by atoms with Gasteiger partial charge in [-0.05, 0) is 30.3 Å². The minimum absolute atomic E-state index is 0.158. The summed E-state index contributed by atoms with van der Waals surface area (Å²) in [5.41, 5.74) is 1.10. The Labute approximate surface area is 158 Å². The minimum Gasteiger partial charge on any atom is -0.497 e. The van der Waals surface area contributed by atoms with Crippen LogP contribution in [0.2, 0.25) is 0 Å². The van der Waals surface area contributed by atoms with Gasteiger partial charge in [-0.15, -0.1) is 0 Å². The summed E-state index contributed by atoms with van der Waals surface area (Å²) in [7, 11) is 4.64. The van der Waals surface area contributed by atoms with E-state index < -0.39 is 0 Å². The summed E-state index contributed by atoms with van der Waals surface area (Å²) in [5, 5.41) is 2.81. The lowest BCUT2D eigenvalue weighted by Gasteiger charge is -2.24. The van der Waals surface area contributed by atoms with Gasteiger partial charge in [-0.2, -0.15) is 0 Å². The van der Waals surface area contributed by atoms with E-state index >= 15 is 0 Å². The number of nitrogens with zero attached hydrogens (tertiary/aromatic N) is 1. The molecule has 2 rings (SSSR count). The highest BCUT2D eigenvalue weighted by Crippen LogP contribution is 2.32. The monoisotopic (exact) mass is 372 g/mol. The van der Waals surface area contributed by atoms with E-state index in [1.165, 1.54) is 14.0 Å². The number of nitrogens with one attached hydrogen (secondary N) is 1. The Bertz CT molecular complexity index is 807. The molecule has 0 heterocycles. The van der Waals surface area contributed by atoms with Gasteiger partial charge >= 0.3 is 0 Å². The molecule has 1 N–H and O–H groups in total. The number of benzene rings is 2. The molecule has 7 nitrogen and oxygen atoms in total. The average Bonchev–Trinajstić information content (AvgIpc) is 2.70. The van der Waals surface area contributed by atoms with Crippen LogP contribution in [0.3, 0.4) is 0 Å². The minimum atomic E-state index is -0.237. The van der Waals surface area contributed by atoms with Crippen molar-refractivity contribution < 1.29 is 23.8 Å². The Morgan fingerprint density at radius 3 is 2.30 bits per heavy atom.